The first-order chi connectivity index (χ1) is 26.3. The highest BCUT2D eigenvalue weighted by Crippen LogP contribution is 2.55. The van der Waals surface area contributed by atoms with Gasteiger partial charge in [-0.2, -0.15) is 0 Å². The van der Waals surface area contributed by atoms with Gasteiger partial charge in [-0.15, -0.1) is 0 Å². The minimum absolute atomic E-state index is 0.380. The van der Waals surface area contributed by atoms with Crippen LogP contribution in [0.25, 0.3) is 0 Å². The lowest BCUT2D eigenvalue weighted by Gasteiger charge is -2.21. The molecule has 2 aliphatic rings. The molecule has 53 heavy (non-hydrogen) atoms. The molecule has 2 unspecified atom stereocenters. The maximum Gasteiger partial charge on any atom is 0.124 e. The van der Waals surface area contributed by atoms with E-state index < -0.39 is 15.8 Å². The SMILES string of the molecule is C1=CC2CC1c1c(OCc3ccc(P(c4ccccc4)c4ccccc4)cc3)ccc(OCc3ccc(P(c4ccccc4)c4ccccc4)cc3)c12. The summed E-state index contributed by atoms with van der Waals surface area (Å²) in [6, 6.07) is 65.7. The van der Waals surface area contributed by atoms with Crippen molar-refractivity contribution in [1.82, 2.24) is 0 Å². The molecule has 2 atom stereocenters. The number of hydrogen-bond donors (Lipinski definition) is 0. The third-order valence-corrected chi connectivity index (χ3v) is 15.2. The summed E-state index contributed by atoms with van der Waals surface area (Å²) in [5.41, 5.74) is 4.94. The predicted molar refractivity (Wildman–Crippen MR) is 225 cm³/mol. The summed E-state index contributed by atoms with van der Waals surface area (Å²) in [6.07, 6.45) is 5.80. The third-order valence-electron chi connectivity index (χ3n) is 10.3. The zero-order valence-electron chi connectivity index (χ0n) is 29.5. The highest BCUT2D eigenvalue weighted by atomic mass is 31.1. The lowest BCUT2D eigenvalue weighted by Crippen LogP contribution is -2.20. The average Bonchev–Trinajstić information content (AvgIpc) is 3.86. The van der Waals surface area contributed by atoms with Gasteiger partial charge in [-0.3, -0.25) is 0 Å². The van der Waals surface area contributed by atoms with Gasteiger partial charge in [0, 0.05) is 23.0 Å². The van der Waals surface area contributed by atoms with Crippen molar-refractivity contribution in [3.8, 4) is 11.5 Å². The van der Waals surface area contributed by atoms with E-state index in [9.17, 15) is 0 Å². The van der Waals surface area contributed by atoms with Gasteiger partial charge in [-0.05, 0) is 77.4 Å². The molecule has 7 aromatic rings. The number of ether oxygens (including phenoxy) is 2. The molecule has 0 amide bonds. The van der Waals surface area contributed by atoms with Gasteiger partial charge in [0.05, 0.1) is 0 Å². The summed E-state index contributed by atoms with van der Waals surface area (Å²) in [4.78, 5) is 0. The summed E-state index contributed by atoms with van der Waals surface area (Å²) >= 11 is 0. The van der Waals surface area contributed by atoms with Crippen LogP contribution in [0.15, 0.2) is 194 Å². The van der Waals surface area contributed by atoms with Crippen LogP contribution in [0.5, 0.6) is 11.5 Å². The minimum Gasteiger partial charge on any atom is -0.489 e. The quantitative estimate of drug-likeness (QED) is 0.0925. The maximum atomic E-state index is 6.60. The van der Waals surface area contributed by atoms with E-state index in [-0.39, 0.29) is 0 Å². The number of hydrogen-bond acceptors (Lipinski definition) is 2. The monoisotopic (exact) mass is 722 g/mol. The molecule has 2 nitrogen and oxygen atoms in total. The summed E-state index contributed by atoms with van der Waals surface area (Å²) < 4.78 is 13.2. The topological polar surface area (TPSA) is 18.5 Å². The molecule has 0 saturated carbocycles. The summed E-state index contributed by atoms with van der Waals surface area (Å²) in [5.74, 6) is 2.71. The first-order valence-corrected chi connectivity index (χ1v) is 21.1. The number of benzene rings is 7. The Hall–Kier alpha value is -5.26. The molecule has 0 aromatic heterocycles. The smallest absolute Gasteiger partial charge is 0.124 e. The molecule has 0 N–H and O–H groups in total. The van der Waals surface area contributed by atoms with Crippen molar-refractivity contribution in [2.24, 2.45) is 0 Å². The van der Waals surface area contributed by atoms with Crippen LogP contribution in [0.1, 0.15) is 40.5 Å². The van der Waals surface area contributed by atoms with E-state index in [0.717, 1.165) is 17.9 Å². The van der Waals surface area contributed by atoms with Crippen LogP contribution in [-0.2, 0) is 13.2 Å². The van der Waals surface area contributed by atoms with Crippen LogP contribution >= 0.6 is 15.8 Å². The molecule has 2 aliphatic carbocycles. The molecule has 0 radical (unpaired) electrons. The van der Waals surface area contributed by atoms with E-state index >= 15 is 0 Å². The highest BCUT2D eigenvalue weighted by Gasteiger charge is 2.38. The van der Waals surface area contributed by atoms with Crippen molar-refractivity contribution >= 4 is 47.7 Å². The molecule has 0 fully saturated rings. The largest absolute Gasteiger partial charge is 0.489 e. The second-order valence-electron chi connectivity index (χ2n) is 13.6. The van der Waals surface area contributed by atoms with Gasteiger partial charge in [0.1, 0.15) is 24.7 Å². The van der Waals surface area contributed by atoms with Gasteiger partial charge >= 0.3 is 0 Å². The van der Waals surface area contributed by atoms with Crippen molar-refractivity contribution in [3.63, 3.8) is 0 Å². The van der Waals surface area contributed by atoms with Crippen molar-refractivity contribution in [2.75, 3.05) is 0 Å². The van der Waals surface area contributed by atoms with Gasteiger partial charge in [-0.25, -0.2) is 0 Å². The Morgan fingerprint density at radius 1 is 0.358 bits per heavy atom. The Morgan fingerprint density at radius 2 is 0.660 bits per heavy atom. The average molecular weight is 723 g/mol. The molecule has 0 saturated heterocycles. The van der Waals surface area contributed by atoms with Crippen LogP contribution < -0.4 is 41.3 Å². The van der Waals surface area contributed by atoms with Crippen LogP contribution in [0, 0.1) is 0 Å². The standard InChI is InChI=1S/C49H40O2P2/c1-5-13-40(14-6-1)52(41-15-7-2-8-16-41)44-27-21-36(22-28-44)34-50-46-31-32-47(49-39-26-25-38(33-39)48(46)49)51-35-37-23-29-45(30-24-37)53(42-17-9-3-10-18-42)43-19-11-4-12-20-43/h1-32,38-39H,33-35H2. The van der Waals surface area contributed by atoms with Gasteiger partial charge < -0.3 is 9.47 Å². The Balaban J connectivity index is 0.903. The minimum atomic E-state index is -0.629. The van der Waals surface area contributed by atoms with E-state index in [1.165, 1.54) is 54.1 Å². The van der Waals surface area contributed by atoms with E-state index in [1.807, 2.05) is 0 Å². The first kappa shape index (κ1) is 33.6. The zero-order valence-corrected chi connectivity index (χ0v) is 31.3. The van der Waals surface area contributed by atoms with Crippen molar-refractivity contribution in [1.29, 1.82) is 0 Å². The number of fused-ring (bicyclic) bond motifs is 5. The molecular formula is C49H40O2P2. The fourth-order valence-electron chi connectivity index (χ4n) is 7.75. The fraction of sp³-hybridized carbons (Fsp3) is 0.102. The molecule has 4 heteroatoms. The predicted octanol–water partition coefficient (Wildman–Crippen LogP) is 9.50. The van der Waals surface area contributed by atoms with Crippen molar-refractivity contribution in [3.05, 3.63) is 216 Å². The van der Waals surface area contributed by atoms with Crippen molar-refractivity contribution < 1.29 is 9.47 Å². The van der Waals surface area contributed by atoms with Crippen LogP contribution in [0.2, 0.25) is 0 Å². The van der Waals surface area contributed by atoms with E-state index in [4.69, 9.17) is 9.47 Å². The van der Waals surface area contributed by atoms with Gasteiger partial charge in [0.2, 0.25) is 0 Å². The molecule has 2 bridgehead atoms. The lowest BCUT2D eigenvalue weighted by molar-refractivity contribution is 0.293. The van der Waals surface area contributed by atoms with Gasteiger partial charge in [0.15, 0.2) is 0 Å². The summed E-state index contributed by atoms with van der Waals surface area (Å²) in [5, 5.41) is 8.11. The molecule has 9 rings (SSSR count). The van der Waals surface area contributed by atoms with E-state index in [1.54, 1.807) is 0 Å². The third kappa shape index (κ3) is 7.11. The number of rotatable bonds is 12. The maximum absolute atomic E-state index is 6.60. The first-order valence-electron chi connectivity index (χ1n) is 18.4. The van der Waals surface area contributed by atoms with Crippen LogP contribution in [-0.4, -0.2) is 0 Å². The lowest BCUT2D eigenvalue weighted by atomic mass is 9.95. The fourth-order valence-corrected chi connectivity index (χ4v) is 12.3. The molecule has 0 spiro atoms. The van der Waals surface area contributed by atoms with Crippen molar-refractivity contribution in [2.45, 2.75) is 31.5 Å². The normalized spacial score (nSPS) is 15.5. The Kier molecular flexibility index (Phi) is 9.74. The highest BCUT2D eigenvalue weighted by molar-refractivity contribution is 7.80. The van der Waals surface area contributed by atoms with Gasteiger partial charge in [-0.1, -0.05) is 182 Å². The molecule has 258 valence electrons. The van der Waals surface area contributed by atoms with Gasteiger partial charge in [0.25, 0.3) is 0 Å². The Bertz CT molecular complexity index is 2060. The molecule has 7 aromatic carbocycles. The Labute approximate surface area is 315 Å². The molecule has 0 heterocycles. The molecular weight excluding hydrogens is 682 g/mol. The van der Waals surface area contributed by atoms with Crippen LogP contribution in [0.4, 0.5) is 0 Å². The Morgan fingerprint density at radius 3 is 0.981 bits per heavy atom. The second-order valence-corrected chi connectivity index (χ2v) is 18.1. The zero-order chi connectivity index (χ0) is 35.4. The number of allylic oxidation sites excluding steroid dienone is 2. The summed E-state index contributed by atoms with van der Waals surface area (Å²) in [6.45, 7) is 1.06. The molecule has 0 aliphatic heterocycles. The summed E-state index contributed by atoms with van der Waals surface area (Å²) in [7, 11) is -1.26. The van der Waals surface area contributed by atoms with E-state index in [0.29, 0.717) is 25.0 Å². The van der Waals surface area contributed by atoms with E-state index in [2.05, 4.69) is 194 Å². The second kappa shape index (κ2) is 15.4. The van der Waals surface area contributed by atoms with Crippen LogP contribution in [0.3, 0.4) is 0 Å².